The Morgan fingerprint density at radius 3 is 2.44 bits per heavy atom. The molecule has 5 heteroatoms. The van der Waals surface area contributed by atoms with Gasteiger partial charge in [0.15, 0.2) is 6.29 Å². The van der Waals surface area contributed by atoms with Gasteiger partial charge < -0.3 is 4.57 Å². The molecule has 0 amide bonds. The van der Waals surface area contributed by atoms with Gasteiger partial charge in [-0.3, -0.25) is 14.9 Å². The summed E-state index contributed by atoms with van der Waals surface area (Å²) in [5.74, 6) is 0. The van der Waals surface area contributed by atoms with Crippen molar-refractivity contribution in [1.82, 2.24) is 4.57 Å². The van der Waals surface area contributed by atoms with Gasteiger partial charge in [0.05, 0.1) is 10.6 Å². The van der Waals surface area contributed by atoms with Crippen LogP contribution in [0.4, 0.5) is 5.69 Å². The maximum absolute atomic E-state index is 10.7. The summed E-state index contributed by atoms with van der Waals surface area (Å²) in [6.07, 6.45) is 2.46. The Kier molecular flexibility index (Phi) is 2.51. The number of aldehydes is 1. The van der Waals surface area contributed by atoms with Gasteiger partial charge in [0.1, 0.15) is 0 Å². The average Bonchev–Trinajstić information content (AvgIpc) is 2.77. The molecule has 0 fully saturated rings. The summed E-state index contributed by atoms with van der Waals surface area (Å²) in [4.78, 5) is 20.7. The van der Waals surface area contributed by atoms with Gasteiger partial charge in [0.25, 0.3) is 5.69 Å². The molecule has 0 saturated carbocycles. The van der Waals surface area contributed by atoms with E-state index in [4.69, 9.17) is 0 Å². The van der Waals surface area contributed by atoms with Crippen molar-refractivity contribution in [2.75, 3.05) is 0 Å². The van der Waals surface area contributed by atoms with Gasteiger partial charge in [-0.2, -0.15) is 0 Å². The highest BCUT2D eigenvalue weighted by Gasteiger charge is 2.06. The molecule has 5 nitrogen and oxygen atoms in total. The minimum Gasteiger partial charge on any atom is -0.314 e. The van der Waals surface area contributed by atoms with Crippen LogP contribution in [0.15, 0.2) is 42.6 Å². The average molecular weight is 216 g/mol. The standard InChI is InChI=1S/C11H8N2O3/c14-8-11-2-1-7-12(11)9-3-5-10(6-4-9)13(15)16/h1-8H. The molecule has 16 heavy (non-hydrogen) atoms. The van der Waals surface area contributed by atoms with E-state index in [0.717, 1.165) is 12.0 Å². The van der Waals surface area contributed by atoms with Gasteiger partial charge in [-0.25, -0.2) is 0 Å². The number of aromatic nitrogens is 1. The third kappa shape index (κ3) is 1.70. The Morgan fingerprint density at radius 2 is 1.88 bits per heavy atom. The maximum Gasteiger partial charge on any atom is 0.269 e. The highest BCUT2D eigenvalue weighted by Crippen LogP contribution is 2.16. The van der Waals surface area contributed by atoms with Crippen LogP contribution in [0, 0.1) is 10.1 Å². The van der Waals surface area contributed by atoms with Crippen LogP contribution in [0.5, 0.6) is 0 Å². The molecule has 0 saturated heterocycles. The van der Waals surface area contributed by atoms with Crippen molar-refractivity contribution in [3.8, 4) is 5.69 Å². The molecule has 0 aliphatic heterocycles. The number of nitro groups is 1. The van der Waals surface area contributed by atoms with E-state index in [9.17, 15) is 14.9 Å². The molecule has 0 radical (unpaired) electrons. The van der Waals surface area contributed by atoms with Crippen LogP contribution >= 0.6 is 0 Å². The molecule has 1 aromatic carbocycles. The smallest absolute Gasteiger partial charge is 0.269 e. The minimum absolute atomic E-state index is 0.0311. The lowest BCUT2D eigenvalue weighted by atomic mass is 10.3. The summed E-state index contributed by atoms with van der Waals surface area (Å²) >= 11 is 0. The monoisotopic (exact) mass is 216 g/mol. The Balaban J connectivity index is 2.42. The molecular formula is C11H8N2O3. The zero-order valence-electron chi connectivity index (χ0n) is 8.24. The van der Waals surface area contributed by atoms with E-state index in [2.05, 4.69) is 0 Å². The molecule has 0 spiro atoms. The maximum atomic E-state index is 10.7. The summed E-state index contributed by atoms with van der Waals surface area (Å²) in [6.45, 7) is 0. The third-order valence-electron chi connectivity index (χ3n) is 2.24. The molecule has 1 heterocycles. The largest absolute Gasteiger partial charge is 0.314 e. The SMILES string of the molecule is O=Cc1cccn1-c1ccc([N+](=O)[O-])cc1. The highest BCUT2D eigenvalue weighted by molar-refractivity contribution is 5.73. The first-order valence-electron chi connectivity index (χ1n) is 4.60. The zero-order chi connectivity index (χ0) is 11.5. The molecule has 0 bridgehead atoms. The number of hydrogen-bond acceptors (Lipinski definition) is 3. The Hall–Kier alpha value is -2.43. The molecule has 0 N–H and O–H groups in total. The van der Waals surface area contributed by atoms with E-state index in [1.54, 1.807) is 35.0 Å². The van der Waals surface area contributed by atoms with Gasteiger partial charge >= 0.3 is 0 Å². The van der Waals surface area contributed by atoms with Gasteiger partial charge in [-0.05, 0) is 24.3 Å². The number of hydrogen-bond donors (Lipinski definition) is 0. The van der Waals surface area contributed by atoms with E-state index in [-0.39, 0.29) is 5.69 Å². The molecule has 0 atom stereocenters. The van der Waals surface area contributed by atoms with E-state index in [1.165, 1.54) is 12.1 Å². The fourth-order valence-electron chi connectivity index (χ4n) is 1.46. The van der Waals surface area contributed by atoms with Crippen LogP contribution in [0.2, 0.25) is 0 Å². The number of carbonyl (C=O) groups excluding carboxylic acids is 1. The van der Waals surface area contributed by atoms with Crippen LogP contribution in [0.25, 0.3) is 5.69 Å². The summed E-state index contributed by atoms with van der Waals surface area (Å²) in [7, 11) is 0. The third-order valence-corrected chi connectivity index (χ3v) is 2.24. The van der Waals surface area contributed by atoms with E-state index in [0.29, 0.717) is 5.69 Å². The number of nitro benzene ring substituents is 1. The van der Waals surface area contributed by atoms with Crippen molar-refractivity contribution in [3.63, 3.8) is 0 Å². The first-order chi connectivity index (χ1) is 7.72. The zero-order valence-corrected chi connectivity index (χ0v) is 8.24. The summed E-state index contributed by atoms with van der Waals surface area (Å²) in [5, 5.41) is 10.5. The Morgan fingerprint density at radius 1 is 1.19 bits per heavy atom. The topological polar surface area (TPSA) is 65.1 Å². The molecule has 0 unspecified atom stereocenters. The normalized spacial score (nSPS) is 10.0. The highest BCUT2D eigenvalue weighted by atomic mass is 16.6. The quantitative estimate of drug-likeness (QED) is 0.448. The van der Waals surface area contributed by atoms with Crippen LogP contribution in [-0.4, -0.2) is 15.8 Å². The second kappa shape index (κ2) is 3.98. The van der Waals surface area contributed by atoms with Gasteiger partial charge in [-0.15, -0.1) is 0 Å². The Bertz CT molecular complexity index is 528. The molecule has 80 valence electrons. The predicted molar refractivity (Wildman–Crippen MR) is 57.8 cm³/mol. The lowest BCUT2D eigenvalue weighted by Gasteiger charge is -2.04. The number of nitrogens with zero attached hydrogens (tertiary/aromatic N) is 2. The molecule has 0 aliphatic carbocycles. The van der Waals surface area contributed by atoms with Crippen molar-refractivity contribution in [3.05, 3.63) is 58.4 Å². The van der Waals surface area contributed by atoms with E-state index >= 15 is 0 Å². The molecule has 2 aromatic rings. The van der Waals surface area contributed by atoms with Crippen LogP contribution in [0.3, 0.4) is 0 Å². The second-order valence-electron chi connectivity index (χ2n) is 3.19. The number of non-ortho nitro benzene ring substituents is 1. The number of rotatable bonds is 3. The van der Waals surface area contributed by atoms with Gasteiger partial charge in [-0.1, -0.05) is 0 Å². The van der Waals surface area contributed by atoms with Crippen LogP contribution in [0.1, 0.15) is 10.5 Å². The fraction of sp³-hybridized carbons (Fsp3) is 0. The second-order valence-corrected chi connectivity index (χ2v) is 3.19. The number of carbonyl (C=O) groups is 1. The van der Waals surface area contributed by atoms with Crippen molar-refractivity contribution >= 4 is 12.0 Å². The molecule has 0 aliphatic rings. The fourth-order valence-corrected chi connectivity index (χ4v) is 1.46. The van der Waals surface area contributed by atoms with Gasteiger partial charge in [0, 0.05) is 24.0 Å². The van der Waals surface area contributed by atoms with Crippen molar-refractivity contribution in [2.45, 2.75) is 0 Å². The molecular weight excluding hydrogens is 208 g/mol. The molecule has 1 aromatic heterocycles. The Labute approximate surface area is 91.1 Å². The first kappa shape index (κ1) is 10.1. The van der Waals surface area contributed by atoms with Crippen LogP contribution < -0.4 is 0 Å². The lowest BCUT2D eigenvalue weighted by Crippen LogP contribution is -1.97. The minimum atomic E-state index is -0.458. The van der Waals surface area contributed by atoms with Crippen molar-refractivity contribution < 1.29 is 9.72 Å². The summed E-state index contributed by atoms with van der Waals surface area (Å²) in [6, 6.07) is 9.43. The van der Waals surface area contributed by atoms with Gasteiger partial charge in [0.2, 0.25) is 0 Å². The van der Waals surface area contributed by atoms with Crippen molar-refractivity contribution in [2.24, 2.45) is 0 Å². The van der Waals surface area contributed by atoms with E-state index in [1.807, 2.05) is 0 Å². The summed E-state index contributed by atoms with van der Waals surface area (Å²) in [5.41, 5.74) is 1.26. The lowest BCUT2D eigenvalue weighted by molar-refractivity contribution is -0.384. The number of benzene rings is 1. The first-order valence-corrected chi connectivity index (χ1v) is 4.60. The molecule has 2 rings (SSSR count). The summed E-state index contributed by atoms with van der Waals surface area (Å²) < 4.78 is 1.66. The predicted octanol–water partition coefficient (Wildman–Crippen LogP) is 2.20. The van der Waals surface area contributed by atoms with Crippen molar-refractivity contribution in [1.29, 1.82) is 0 Å². The van der Waals surface area contributed by atoms with Crippen LogP contribution in [-0.2, 0) is 0 Å². The van der Waals surface area contributed by atoms with E-state index < -0.39 is 4.92 Å².